The molecule has 2 nitrogen and oxygen atoms in total. The van der Waals surface area contributed by atoms with E-state index < -0.39 is 0 Å². The van der Waals surface area contributed by atoms with Crippen molar-refractivity contribution in [2.24, 2.45) is 0 Å². The zero-order chi connectivity index (χ0) is 13.7. The maximum atomic E-state index is 10.6. The van der Waals surface area contributed by atoms with Gasteiger partial charge in [0.2, 0.25) is 0 Å². The van der Waals surface area contributed by atoms with Gasteiger partial charge in [-0.15, -0.1) is 0 Å². The zero-order valence-electron chi connectivity index (χ0n) is 12.2. The first-order valence-electron chi connectivity index (χ1n) is 6.46. The molecular weight excluding hydrogens is 222 g/mol. The van der Waals surface area contributed by atoms with Crippen molar-refractivity contribution in [3.8, 4) is 5.75 Å². The maximum Gasteiger partial charge on any atom is 0.128 e. The molecule has 0 unspecified atom stereocenters. The predicted molar refractivity (Wildman–Crippen MR) is 77.4 cm³/mol. The second-order valence-corrected chi connectivity index (χ2v) is 7.09. The fourth-order valence-corrected chi connectivity index (χ4v) is 2.40. The van der Waals surface area contributed by atoms with E-state index in [4.69, 9.17) is 0 Å². The van der Waals surface area contributed by atoms with Crippen molar-refractivity contribution in [2.75, 3.05) is 0 Å². The van der Waals surface area contributed by atoms with Crippen LogP contribution in [0.1, 0.15) is 52.7 Å². The van der Waals surface area contributed by atoms with E-state index in [2.05, 4.69) is 52.6 Å². The predicted octanol–water partition coefficient (Wildman–Crippen LogP) is 4.47. The summed E-state index contributed by atoms with van der Waals surface area (Å²) in [6, 6.07) is 4.07. The number of hydrogen-bond donors (Lipinski definition) is 2. The zero-order valence-corrected chi connectivity index (χ0v) is 12.2. The monoisotopic (exact) mass is 245 g/mol. The first kappa shape index (κ1) is 13.0. The highest BCUT2D eigenvalue weighted by atomic mass is 16.3. The van der Waals surface area contributed by atoms with E-state index in [1.54, 1.807) is 0 Å². The Morgan fingerprint density at radius 3 is 1.94 bits per heavy atom. The summed E-state index contributed by atoms with van der Waals surface area (Å²) in [5.74, 6) is 0.422. The minimum Gasteiger partial charge on any atom is -0.507 e. The molecule has 2 N–H and O–H groups in total. The number of aromatic nitrogens is 1. The molecule has 2 aromatic rings. The van der Waals surface area contributed by atoms with Crippen LogP contribution in [0.15, 0.2) is 18.3 Å². The number of aromatic amines is 1. The van der Waals surface area contributed by atoms with E-state index in [1.807, 2.05) is 12.3 Å². The van der Waals surface area contributed by atoms with Crippen molar-refractivity contribution >= 4 is 10.9 Å². The average Bonchev–Trinajstić information content (AvgIpc) is 2.59. The summed E-state index contributed by atoms with van der Waals surface area (Å²) >= 11 is 0. The molecule has 2 heteroatoms. The van der Waals surface area contributed by atoms with Gasteiger partial charge in [-0.3, -0.25) is 0 Å². The Hall–Kier alpha value is -1.44. The Balaban J connectivity index is 2.81. The number of aromatic hydroxyl groups is 1. The van der Waals surface area contributed by atoms with Crippen LogP contribution in [0.25, 0.3) is 10.9 Å². The lowest BCUT2D eigenvalue weighted by Gasteiger charge is -2.23. The number of H-pyrrole nitrogens is 1. The Labute approximate surface area is 109 Å². The fraction of sp³-hybridized carbons (Fsp3) is 0.500. The van der Waals surface area contributed by atoms with Gasteiger partial charge in [-0.05, 0) is 22.5 Å². The molecule has 0 spiro atoms. The number of fused-ring (bicyclic) bond motifs is 1. The molecule has 0 amide bonds. The highest BCUT2D eigenvalue weighted by Gasteiger charge is 2.25. The van der Waals surface area contributed by atoms with Gasteiger partial charge < -0.3 is 10.1 Å². The Kier molecular flexibility index (Phi) is 2.73. The van der Waals surface area contributed by atoms with E-state index in [9.17, 15) is 5.11 Å². The van der Waals surface area contributed by atoms with E-state index in [-0.39, 0.29) is 10.8 Å². The third kappa shape index (κ3) is 2.00. The lowest BCUT2D eigenvalue weighted by molar-refractivity contribution is 0.451. The Morgan fingerprint density at radius 1 is 0.889 bits per heavy atom. The lowest BCUT2D eigenvalue weighted by atomic mass is 9.82. The summed E-state index contributed by atoms with van der Waals surface area (Å²) in [4.78, 5) is 3.25. The van der Waals surface area contributed by atoms with Crippen LogP contribution in [0.5, 0.6) is 5.75 Å². The highest BCUT2D eigenvalue weighted by molar-refractivity contribution is 5.91. The van der Waals surface area contributed by atoms with Gasteiger partial charge in [0.05, 0.1) is 0 Å². The molecule has 0 fully saturated rings. The minimum atomic E-state index is -0.0509. The van der Waals surface area contributed by atoms with Crippen LogP contribution >= 0.6 is 0 Å². The molecule has 0 aliphatic rings. The van der Waals surface area contributed by atoms with Gasteiger partial charge in [-0.2, -0.15) is 0 Å². The Morgan fingerprint density at radius 2 is 1.44 bits per heavy atom. The minimum absolute atomic E-state index is 0.0201. The number of rotatable bonds is 0. The van der Waals surface area contributed by atoms with Gasteiger partial charge in [0.1, 0.15) is 5.75 Å². The summed E-state index contributed by atoms with van der Waals surface area (Å²) in [5, 5.41) is 11.6. The summed E-state index contributed by atoms with van der Waals surface area (Å²) in [6.45, 7) is 12.9. The van der Waals surface area contributed by atoms with Crippen LogP contribution in [0.2, 0.25) is 0 Å². The standard InChI is InChI=1S/C16H23NO/c1-15(2,3)10-7-8-12-13(14(10)18)11(9-17-12)16(4,5)6/h7-9,17-18H,1-6H3. The van der Waals surface area contributed by atoms with Crippen LogP contribution in [0.3, 0.4) is 0 Å². The molecule has 1 aromatic heterocycles. The van der Waals surface area contributed by atoms with Gasteiger partial charge in [0.25, 0.3) is 0 Å². The van der Waals surface area contributed by atoms with E-state index in [0.29, 0.717) is 5.75 Å². The van der Waals surface area contributed by atoms with Gasteiger partial charge in [0.15, 0.2) is 0 Å². The molecule has 1 heterocycles. The smallest absolute Gasteiger partial charge is 0.128 e. The van der Waals surface area contributed by atoms with Crippen molar-refractivity contribution < 1.29 is 5.11 Å². The number of phenolic OH excluding ortho intramolecular Hbond substituents is 1. The second kappa shape index (κ2) is 3.78. The third-order valence-corrected chi connectivity index (χ3v) is 3.44. The second-order valence-electron chi connectivity index (χ2n) is 7.09. The molecule has 18 heavy (non-hydrogen) atoms. The summed E-state index contributed by atoms with van der Waals surface area (Å²) < 4.78 is 0. The topological polar surface area (TPSA) is 36.0 Å². The quantitative estimate of drug-likeness (QED) is 0.706. The van der Waals surface area contributed by atoms with E-state index in [1.165, 1.54) is 5.56 Å². The summed E-state index contributed by atoms with van der Waals surface area (Å²) in [6.07, 6.45) is 2.01. The Bertz CT molecular complexity index is 579. The van der Waals surface area contributed by atoms with Crippen molar-refractivity contribution in [1.29, 1.82) is 0 Å². The molecule has 0 saturated carbocycles. The molecule has 0 aliphatic carbocycles. The SMILES string of the molecule is CC(C)(C)c1ccc2[nH]cc(C(C)(C)C)c2c1O. The van der Waals surface area contributed by atoms with Crippen molar-refractivity contribution in [3.63, 3.8) is 0 Å². The van der Waals surface area contributed by atoms with Crippen LogP contribution < -0.4 is 0 Å². The van der Waals surface area contributed by atoms with Gasteiger partial charge in [0, 0.05) is 22.7 Å². The van der Waals surface area contributed by atoms with Gasteiger partial charge >= 0.3 is 0 Å². The molecule has 1 aromatic carbocycles. The maximum absolute atomic E-state index is 10.6. The van der Waals surface area contributed by atoms with Crippen molar-refractivity contribution in [3.05, 3.63) is 29.5 Å². The molecule has 0 radical (unpaired) electrons. The van der Waals surface area contributed by atoms with E-state index >= 15 is 0 Å². The third-order valence-electron chi connectivity index (χ3n) is 3.44. The molecule has 2 rings (SSSR count). The lowest BCUT2D eigenvalue weighted by Crippen LogP contribution is -2.13. The molecule has 0 aliphatic heterocycles. The molecule has 0 bridgehead atoms. The van der Waals surface area contributed by atoms with Crippen molar-refractivity contribution in [2.45, 2.75) is 52.4 Å². The van der Waals surface area contributed by atoms with Gasteiger partial charge in [-0.25, -0.2) is 0 Å². The summed E-state index contributed by atoms with van der Waals surface area (Å²) in [5.41, 5.74) is 3.14. The van der Waals surface area contributed by atoms with E-state index in [0.717, 1.165) is 16.5 Å². The largest absolute Gasteiger partial charge is 0.507 e. The van der Waals surface area contributed by atoms with Crippen LogP contribution in [-0.2, 0) is 10.8 Å². The molecule has 0 atom stereocenters. The van der Waals surface area contributed by atoms with Gasteiger partial charge in [-0.1, -0.05) is 47.6 Å². The number of phenols is 1. The first-order chi connectivity index (χ1) is 8.12. The summed E-state index contributed by atoms with van der Waals surface area (Å²) in [7, 11) is 0. The highest BCUT2D eigenvalue weighted by Crippen LogP contribution is 2.41. The normalized spacial score (nSPS) is 13.2. The van der Waals surface area contributed by atoms with Crippen LogP contribution in [0, 0.1) is 0 Å². The molecule has 98 valence electrons. The first-order valence-corrected chi connectivity index (χ1v) is 6.46. The molecular formula is C16H23NO. The van der Waals surface area contributed by atoms with Crippen LogP contribution in [-0.4, -0.2) is 10.1 Å². The average molecular weight is 245 g/mol. The number of hydrogen-bond acceptors (Lipinski definition) is 1. The van der Waals surface area contributed by atoms with Crippen molar-refractivity contribution in [1.82, 2.24) is 4.98 Å². The van der Waals surface area contributed by atoms with Crippen LogP contribution in [0.4, 0.5) is 0 Å². The fourth-order valence-electron chi connectivity index (χ4n) is 2.40. The number of nitrogens with one attached hydrogen (secondary N) is 1. The number of benzene rings is 1. The molecule has 0 saturated heterocycles.